The van der Waals surface area contributed by atoms with Crippen molar-refractivity contribution in [3.05, 3.63) is 29.3 Å². The Hall–Kier alpha value is -2.57. The third-order valence-electron chi connectivity index (χ3n) is 2.77. The van der Waals surface area contributed by atoms with Crippen LogP contribution in [0.3, 0.4) is 0 Å². The average molecular weight is 281 g/mol. The first-order valence-electron chi connectivity index (χ1n) is 5.61. The van der Waals surface area contributed by atoms with E-state index in [0.717, 1.165) is 6.07 Å². The van der Waals surface area contributed by atoms with Crippen LogP contribution in [-0.2, 0) is 0 Å². The van der Waals surface area contributed by atoms with E-state index in [1.165, 1.54) is 20.3 Å². The molecule has 6 nitrogen and oxygen atoms in total. The van der Waals surface area contributed by atoms with Crippen LogP contribution in [-0.4, -0.2) is 30.5 Å². The molecule has 0 bridgehead atoms. The Morgan fingerprint density at radius 1 is 1.30 bits per heavy atom. The summed E-state index contributed by atoms with van der Waals surface area (Å²) in [6.07, 6.45) is 0. The van der Waals surface area contributed by atoms with E-state index >= 15 is 0 Å². The lowest BCUT2D eigenvalue weighted by Crippen LogP contribution is -1.99. The molecule has 0 unspecified atom stereocenters. The molecule has 2 aromatic rings. The van der Waals surface area contributed by atoms with Gasteiger partial charge >= 0.3 is 5.97 Å². The largest absolute Gasteiger partial charge is 0.492 e. The predicted molar refractivity (Wildman–Crippen MR) is 66.7 cm³/mol. The predicted octanol–water partition coefficient (Wildman–Crippen LogP) is 2.50. The third-order valence-corrected chi connectivity index (χ3v) is 2.77. The van der Waals surface area contributed by atoms with Crippen LogP contribution in [0.5, 0.6) is 11.5 Å². The fourth-order valence-electron chi connectivity index (χ4n) is 1.87. The number of carbonyl (C=O) groups is 1. The molecule has 0 aliphatic rings. The summed E-state index contributed by atoms with van der Waals surface area (Å²) >= 11 is 0. The van der Waals surface area contributed by atoms with E-state index in [2.05, 4.69) is 9.68 Å². The zero-order valence-corrected chi connectivity index (χ0v) is 11.1. The number of carboxylic acid groups (broad SMARTS) is 1. The Balaban J connectivity index is 2.62. The number of nitrogens with zero attached hydrogens (tertiary/aromatic N) is 1. The van der Waals surface area contributed by atoms with Crippen molar-refractivity contribution in [1.29, 1.82) is 0 Å². The maximum atomic E-state index is 14.4. The minimum Gasteiger partial charge on any atom is -0.492 e. The number of aromatic nitrogens is 1. The molecule has 0 aliphatic carbocycles. The highest BCUT2D eigenvalue weighted by molar-refractivity contribution is 5.86. The van der Waals surface area contributed by atoms with Gasteiger partial charge in [-0.05, 0) is 18.6 Å². The van der Waals surface area contributed by atoms with Crippen LogP contribution in [0.2, 0.25) is 0 Å². The summed E-state index contributed by atoms with van der Waals surface area (Å²) < 4.78 is 29.0. The Kier molecular flexibility index (Phi) is 3.60. The minimum atomic E-state index is -1.28. The summed E-state index contributed by atoms with van der Waals surface area (Å²) in [7, 11) is 2.72. The van der Waals surface area contributed by atoms with Crippen molar-refractivity contribution in [1.82, 2.24) is 5.16 Å². The highest BCUT2D eigenvalue weighted by Crippen LogP contribution is 2.39. The number of rotatable bonds is 4. The van der Waals surface area contributed by atoms with Crippen molar-refractivity contribution in [3.63, 3.8) is 0 Å². The number of aryl methyl sites for hydroxylation is 1. The van der Waals surface area contributed by atoms with Gasteiger partial charge in [0.15, 0.2) is 17.3 Å². The van der Waals surface area contributed by atoms with Crippen LogP contribution in [0.15, 0.2) is 16.7 Å². The second kappa shape index (κ2) is 5.20. The van der Waals surface area contributed by atoms with Gasteiger partial charge in [-0.25, -0.2) is 9.18 Å². The Bertz CT molecular complexity index is 665. The third kappa shape index (κ3) is 2.18. The van der Waals surface area contributed by atoms with E-state index in [0.29, 0.717) is 5.56 Å². The highest BCUT2D eigenvalue weighted by Gasteiger charge is 2.22. The lowest BCUT2D eigenvalue weighted by atomic mass is 10.1. The van der Waals surface area contributed by atoms with Crippen molar-refractivity contribution in [2.24, 2.45) is 0 Å². The molecule has 2 rings (SSSR count). The van der Waals surface area contributed by atoms with Crippen LogP contribution in [0.4, 0.5) is 4.39 Å². The molecule has 106 valence electrons. The average Bonchev–Trinajstić information content (AvgIpc) is 2.90. The topological polar surface area (TPSA) is 81.8 Å². The molecule has 1 aromatic heterocycles. The monoisotopic (exact) mass is 281 g/mol. The van der Waals surface area contributed by atoms with Crippen LogP contribution >= 0.6 is 0 Å². The summed E-state index contributed by atoms with van der Waals surface area (Å²) in [6.45, 7) is 1.71. The van der Waals surface area contributed by atoms with Gasteiger partial charge in [0.25, 0.3) is 0 Å². The molecule has 0 aliphatic heterocycles. The molecule has 1 aromatic carbocycles. The number of methoxy groups -OCH3 is 2. The standard InChI is InChI=1S/C13H12FNO5/c1-6-4-7(8-5-9(13(16)17)20-15-8)10(14)12(19-3)11(6)18-2/h4-5H,1-3H3,(H,16,17). The Morgan fingerprint density at radius 3 is 2.45 bits per heavy atom. The number of hydrogen-bond donors (Lipinski definition) is 1. The van der Waals surface area contributed by atoms with Crippen molar-refractivity contribution in [3.8, 4) is 22.8 Å². The molecule has 0 saturated heterocycles. The number of aromatic carboxylic acids is 1. The first kappa shape index (κ1) is 13.9. The van der Waals surface area contributed by atoms with E-state index in [1.807, 2.05) is 0 Å². The molecule has 0 saturated carbocycles. The number of hydrogen-bond acceptors (Lipinski definition) is 5. The van der Waals surface area contributed by atoms with E-state index < -0.39 is 11.8 Å². The second-order valence-corrected chi connectivity index (χ2v) is 4.00. The molecule has 20 heavy (non-hydrogen) atoms. The fourth-order valence-corrected chi connectivity index (χ4v) is 1.87. The first-order chi connectivity index (χ1) is 9.49. The molecule has 7 heteroatoms. The molecular formula is C13H12FNO5. The quantitative estimate of drug-likeness (QED) is 0.927. The van der Waals surface area contributed by atoms with Crippen LogP contribution in [0, 0.1) is 12.7 Å². The van der Waals surface area contributed by atoms with Gasteiger partial charge in [-0.15, -0.1) is 0 Å². The zero-order chi connectivity index (χ0) is 14.9. The van der Waals surface area contributed by atoms with Gasteiger partial charge in [0.2, 0.25) is 5.76 Å². The molecule has 0 fully saturated rings. The smallest absolute Gasteiger partial charge is 0.374 e. The molecule has 0 amide bonds. The van der Waals surface area contributed by atoms with Gasteiger partial charge in [0.1, 0.15) is 5.69 Å². The van der Waals surface area contributed by atoms with Crippen LogP contribution < -0.4 is 9.47 Å². The van der Waals surface area contributed by atoms with E-state index in [9.17, 15) is 9.18 Å². The van der Waals surface area contributed by atoms with Gasteiger partial charge in [0, 0.05) is 11.6 Å². The normalized spacial score (nSPS) is 10.4. The van der Waals surface area contributed by atoms with Gasteiger partial charge in [0.05, 0.1) is 14.2 Å². The van der Waals surface area contributed by atoms with Crippen molar-refractivity contribution >= 4 is 5.97 Å². The van der Waals surface area contributed by atoms with E-state index in [-0.39, 0.29) is 28.5 Å². The maximum Gasteiger partial charge on any atom is 0.374 e. The molecular weight excluding hydrogens is 269 g/mol. The maximum absolute atomic E-state index is 14.4. The summed E-state index contributed by atoms with van der Waals surface area (Å²) in [6, 6.07) is 2.63. The lowest BCUT2D eigenvalue weighted by molar-refractivity contribution is 0.0652. The summed E-state index contributed by atoms with van der Waals surface area (Å²) in [4.78, 5) is 10.7. The number of carboxylic acids is 1. The fraction of sp³-hybridized carbons (Fsp3) is 0.231. The number of benzene rings is 1. The Morgan fingerprint density at radius 2 is 1.95 bits per heavy atom. The van der Waals surface area contributed by atoms with Crippen molar-refractivity contribution < 1.29 is 28.3 Å². The van der Waals surface area contributed by atoms with Crippen molar-refractivity contribution in [2.45, 2.75) is 6.92 Å². The van der Waals surface area contributed by atoms with Crippen molar-refractivity contribution in [2.75, 3.05) is 14.2 Å². The van der Waals surface area contributed by atoms with Gasteiger partial charge in [-0.1, -0.05) is 5.16 Å². The molecule has 0 radical (unpaired) electrons. The van der Waals surface area contributed by atoms with Gasteiger partial charge < -0.3 is 19.1 Å². The minimum absolute atomic E-state index is 0.0672. The van der Waals surface area contributed by atoms with Crippen LogP contribution in [0.1, 0.15) is 16.1 Å². The summed E-state index contributed by atoms with van der Waals surface area (Å²) in [5.41, 5.74) is 0.779. The van der Waals surface area contributed by atoms with E-state index in [4.69, 9.17) is 14.6 Å². The highest BCUT2D eigenvalue weighted by atomic mass is 19.1. The Labute approximate surface area is 113 Å². The van der Waals surface area contributed by atoms with E-state index in [1.54, 1.807) is 6.92 Å². The number of ether oxygens (including phenoxy) is 2. The zero-order valence-electron chi connectivity index (χ0n) is 11.1. The SMILES string of the molecule is COc1c(C)cc(-c2cc(C(=O)O)on2)c(F)c1OC. The molecule has 0 spiro atoms. The summed E-state index contributed by atoms with van der Waals surface area (Å²) in [5.74, 6) is -2.13. The molecule has 0 atom stereocenters. The van der Waals surface area contributed by atoms with Gasteiger partial charge in [-0.3, -0.25) is 0 Å². The number of halogens is 1. The van der Waals surface area contributed by atoms with Crippen LogP contribution in [0.25, 0.3) is 11.3 Å². The first-order valence-corrected chi connectivity index (χ1v) is 5.61. The lowest BCUT2D eigenvalue weighted by Gasteiger charge is -2.13. The van der Waals surface area contributed by atoms with Gasteiger partial charge in [-0.2, -0.15) is 0 Å². The molecule has 1 heterocycles. The second-order valence-electron chi connectivity index (χ2n) is 4.00. The molecule has 1 N–H and O–H groups in total. The summed E-state index contributed by atoms with van der Waals surface area (Å²) in [5, 5.41) is 12.3.